The lowest BCUT2D eigenvalue weighted by atomic mass is 9.93. The van der Waals surface area contributed by atoms with E-state index in [1.807, 2.05) is 0 Å². The van der Waals surface area contributed by atoms with E-state index in [9.17, 15) is 43.2 Å². The molecule has 0 aliphatic carbocycles. The second-order valence-corrected chi connectivity index (χ2v) is 10.8. The summed E-state index contributed by atoms with van der Waals surface area (Å²) in [6, 6.07) is 3.68. The molecule has 0 saturated heterocycles. The van der Waals surface area contributed by atoms with Gasteiger partial charge in [-0.05, 0) is 23.3 Å². The molecule has 0 unspecified atom stereocenters. The maximum atomic E-state index is 12.5. The fourth-order valence-corrected chi connectivity index (χ4v) is 4.48. The molecule has 6 nitrogen and oxygen atoms in total. The molecule has 2 aromatic carbocycles. The second kappa shape index (κ2) is 9.62. The van der Waals surface area contributed by atoms with Crippen molar-refractivity contribution in [2.24, 2.45) is 0 Å². The van der Waals surface area contributed by atoms with Gasteiger partial charge in [-0.2, -0.15) is 43.2 Å². The fourth-order valence-electron chi connectivity index (χ4n) is 2.39. The molecule has 34 heavy (non-hydrogen) atoms. The van der Waals surface area contributed by atoms with Crippen molar-refractivity contribution in [1.82, 2.24) is 0 Å². The van der Waals surface area contributed by atoms with Gasteiger partial charge in [0, 0.05) is 5.92 Å². The predicted molar refractivity (Wildman–Crippen MR) is 112 cm³/mol. The van der Waals surface area contributed by atoms with E-state index in [1.165, 1.54) is 6.92 Å². The van der Waals surface area contributed by atoms with Crippen LogP contribution in [0.1, 0.15) is 24.0 Å². The van der Waals surface area contributed by atoms with Crippen LogP contribution < -0.4 is 8.37 Å². The average molecular weight is 616 g/mol. The highest BCUT2D eigenvalue weighted by molar-refractivity contribution is 7.88. The first-order chi connectivity index (χ1) is 15.2. The quantitative estimate of drug-likeness (QED) is 0.199. The molecule has 0 heterocycles. The molecule has 0 spiro atoms. The number of hydrogen-bond donors (Lipinski definition) is 0. The van der Waals surface area contributed by atoms with Gasteiger partial charge in [-0.3, -0.25) is 0 Å². The molecular weight excluding hydrogens is 608 g/mol. The summed E-state index contributed by atoms with van der Waals surface area (Å²) in [5.41, 5.74) is -11.3. The van der Waals surface area contributed by atoms with E-state index < -0.39 is 68.8 Å². The monoisotopic (exact) mass is 614 g/mol. The highest BCUT2D eigenvalue weighted by Gasteiger charge is 2.49. The molecular formula is C16H8Cl4F6O6S2. The van der Waals surface area contributed by atoms with Crippen molar-refractivity contribution < 1.29 is 51.5 Å². The first-order valence-electron chi connectivity index (χ1n) is 8.18. The second-order valence-electron chi connectivity index (χ2n) is 6.25. The summed E-state index contributed by atoms with van der Waals surface area (Å²) in [5, 5.41) is -2.26. The molecule has 2 rings (SSSR count). The lowest BCUT2D eigenvalue weighted by Crippen LogP contribution is -2.28. The summed E-state index contributed by atoms with van der Waals surface area (Å²) in [6.45, 7) is 1.43. The SMILES string of the molecule is CC(c1ccc(OS(=O)(=O)C(F)(F)F)c(Cl)c1Cl)c1ccc(OS(=O)(=O)C(F)(F)F)c(Cl)c1Cl. The smallest absolute Gasteiger partial charge is 0.374 e. The third kappa shape index (κ3) is 5.73. The van der Waals surface area contributed by atoms with Crippen molar-refractivity contribution in [2.45, 2.75) is 23.9 Å². The summed E-state index contributed by atoms with van der Waals surface area (Å²) < 4.78 is 128. The van der Waals surface area contributed by atoms with E-state index >= 15 is 0 Å². The minimum atomic E-state index is -6.04. The van der Waals surface area contributed by atoms with Gasteiger partial charge in [-0.25, -0.2) is 0 Å². The molecule has 2 aromatic rings. The number of benzene rings is 2. The third-order valence-corrected chi connectivity index (χ3v) is 7.74. The standard InChI is InChI=1S/C16H8Cl4F6O6S2/c1-6(7-2-4-9(13(19)11(7)17)31-33(27,28)15(21,22)23)8-3-5-10(14(20)12(8)18)32-34(29,30)16(24,25)26/h2-6H,1H3. The summed E-state index contributed by atoms with van der Waals surface area (Å²) in [5.74, 6) is -2.74. The lowest BCUT2D eigenvalue weighted by molar-refractivity contribution is -0.0504. The molecule has 18 heteroatoms. The Kier molecular flexibility index (Phi) is 8.18. The van der Waals surface area contributed by atoms with E-state index in [0.717, 1.165) is 24.3 Å². The molecule has 0 bridgehead atoms. The Morgan fingerprint density at radius 1 is 0.647 bits per heavy atom. The predicted octanol–water partition coefficient (Wildman–Crippen LogP) is 6.91. The van der Waals surface area contributed by atoms with Gasteiger partial charge in [0.25, 0.3) is 0 Å². The lowest BCUT2D eigenvalue weighted by Gasteiger charge is -2.20. The zero-order valence-corrected chi connectivity index (χ0v) is 20.6. The van der Waals surface area contributed by atoms with Crippen molar-refractivity contribution in [2.75, 3.05) is 0 Å². The van der Waals surface area contributed by atoms with Gasteiger partial charge in [0.15, 0.2) is 11.5 Å². The molecule has 0 saturated carbocycles. The topological polar surface area (TPSA) is 86.7 Å². The van der Waals surface area contributed by atoms with Gasteiger partial charge in [0.2, 0.25) is 0 Å². The van der Waals surface area contributed by atoms with Crippen molar-refractivity contribution in [1.29, 1.82) is 0 Å². The van der Waals surface area contributed by atoms with Gasteiger partial charge in [-0.1, -0.05) is 65.5 Å². The van der Waals surface area contributed by atoms with E-state index in [1.54, 1.807) is 0 Å². The first kappa shape index (κ1) is 28.9. The van der Waals surface area contributed by atoms with Crippen LogP contribution in [0.15, 0.2) is 24.3 Å². The van der Waals surface area contributed by atoms with Gasteiger partial charge < -0.3 is 8.37 Å². The maximum absolute atomic E-state index is 12.5. The molecule has 0 atom stereocenters. The number of halogens is 10. The minimum Gasteiger partial charge on any atom is -0.374 e. The largest absolute Gasteiger partial charge is 0.534 e. The van der Waals surface area contributed by atoms with E-state index in [2.05, 4.69) is 8.37 Å². The molecule has 0 radical (unpaired) electrons. The Morgan fingerprint density at radius 3 is 1.21 bits per heavy atom. The van der Waals surface area contributed by atoms with Crippen LogP contribution >= 0.6 is 46.4 Å². The van der Waals surface area contributed by atoms with Crippen molar-refractivity contribution in [3.63, 3.8) is 0 Å². The Balaban J connectivity index is 2.46. The minimum absolute atomic E-state index is 0.0676. The van der Waals surface area contributed by atoms with Crippen LogP contribution in [0.3, 0.4) is 0 Å². The van der Waals surface area contributed by atoms with Crippen LogP contribution in [0.4, 0.5) is 26.3 Å². The van der Waals surface area contributed by atoms with E-state index in [0.29, 0.717) is 0 Å². The Labute approximate surface area is 208 Å². The third-order valence-electron chi connectivity index (χ3n) is 4.05. The fraction of sp³-hybridized carbons (Fsp3) is 0.250. The Morgan fingerprint density at radius 2 is 0.941 bits per heavy atom. The van der Waals surface area contributed by atoms with Crippen LogP contribution in [0.2, 0.25) is 20.1 Å². The van der Waals surface area contributed by atoms with E-state index in [4.69, 9.17) is 46.4 Å². The molecule has 0 amide bonds. The molecule has 0 aromatic heterocycles. The molecule has 0 N–H and O–H groups in total. The van der Waals surface area contributed by atoms with Crippen LogP contribution in [0.5, 0.6) is 11.5 Å². The zero-order valence-electron chi connectivity index (χ0n) is 15.9. The summed E-state index contributed by atoms with van der Waals surface area (Å²) >= 11 is 23.8. The molecule has 190 valence electrons. The van der Waals surface area contributed by atoms with Gasteiger partial charge >= 0.3 is 31.3 Å². The molecule has 0 aliphatic heterocycles. The Hall–Kier alpha value is -1.32. The maximum Gasteiger partial charge on any atom is 0.534 e. The first-order valence-corrected chi connectivity index (χ1v) is 12.5. The van der Waals surface area contributed by atoms with Gasteiger partial charge in [0.1, 0.15) is 10.0 Å². The number of alkyl halides is 6. The number of rotatable bonds is 6. The number of hydrogen-bond acceptors (Lipinski definition) is 6. The van der Waals surface area contributed by atoms with Crippen molar-refractivity contribution >= 4 is 66.6 Å². The zero-order chi connectivity index (χ0) is 26.4. The van der Waals surface area contributed by atoms with Crippen molar-refractivity contribution in [3.05, 3.63) is 55.5 Å². The normalized spacial score (nSPS) is 13.3. The summed E-state index contributed by atoms with van der Waals surface area (Å²) in [6.07, 6.45) is 0. The van der Waals surface area contributed by atoms with Gasteiger partial charge in [-0.15, -0.1) is 0 Å². The Bertz CT molecular complexity index is 1230. The summed E-state index contributed by atoms with van der Waals surface area (Å²) in [7, 11) is -12.1. The highest BCUT2D eigenvalue weighted by atomic mass is 35.5. The van der Waals surface area contributed by atoms with Crippen molar-refractivity contribution in [3.8, 4) is 11.5 Å². The van der Waals surface area contributed by atoms with Gasteiger partial charge in [0.05, 0.1) is 10.0 Å². The van der Waals surface area contributed by atoms with Crippen LogP contribution in [-0.2, 0) is 20.2 Å². The van der Waals surface area contributed by atoms with E-state index in [-0.39, 0.29) is 11.1 Å². The highest BCUT2D eigenvalue weighted by Crippen LogP contribution is 2.45. The summed E-state index contributed by atoms with van der Waals surface area (Å²) in [4.78, 5) is 0. The molecule has 0 fully saturated rings. The van der Waals surface area contributed by atoms with Crippen LogP contribution in [-0.4, -0.2) is 27.9 Å². The molecule has 0 aliphatic rings. The van der Waals surface area contributed by atoms with Crippen LogP contribution in [0.25, 0.3) is 0 Å². The average Bonchev–Trinajstić information content (AvgIpc) is 2.67. The van der Waals surface area contributed by atoms with Crippen LogP contribution in [0, 0.1) is 0 Å².